The monoisotopic (exact) mass is 327 g/mol. The van der Waals surface area contributed by atoms with Crippen LogP contribution >= 0.6 is 0 Å². The summed E-state index contributed by atoms with van der Waals surface area (Å²) in [7, 11) is 0. The van der Waals surface area contributed by atoms with Crippen LogP contribution in [-0.4, -0.2) is 5.91 Å². The first kappa shape index (κ1) is 24.7. The summed E-state index contributed by atoms with van der Waals surface area (Å²) in [6, 6.07) is 0. The largest absolute Gasteiger partial charge is 0.370 e. The van der Waals surface area contributed by atoms with E-state index in [9.17, 15) is 4.79 Å². The van der Waals surface area contributed by atoms with Crippen LogP contribution in [-0.2, 0) is 4.79 Å². The van der Waals surface area contributed by atoms with E-state index in [0.29, 0.717) is 6.42 Å². The topological polar surface area (TPSA) is 43.1 Å². The molecule has 0 atom stereocenters. The molecular formula is C21H45NO. The molecule has 0 heterocycles. The minimum atomic E-state index is -0.153. The van der Waals surface area contributed by atoms with E-state index in [-0.39, 0.29) is 5.91 Å². The van der Waals surface area contributed by atoms with E-state index in [1.54, 1.807) is 0 Å². The van der Waals surface area contributed by atoms with Crippen LogP contribution in [0.4, 0.5) is 0 Å². The highest BCUT2D eigenvalue weighted by molar-refractivity contribution is 5.73. The third kappa shape index (κ3) is 30.0. The molecule has 2 heteroatoms. The average Bonchev–Trinajstić information content (AvgIpc) is 2.51. The highest BCUT2D eigenvalue weighted by Crippen LogP contribution is 2.13. The number of hydrogen-bond acceptors (Lipinski definition) is 1. The molecule has 0 saturated carbocycles. The van der Waals surface area contributed by atoms with E-state index in [0.717, 1.165) is 6.42 Å². The summed E-state index contributed by atoms with van der Waals surface area (Å²) in [5.41, 5.74) is 5.11. The number of primary amides is 1. The maximum Gasteiger partial charge on any atom is 0.217 e. The van der Waals surface area contributed by atoms with Gasteiger partial charge in [0, 0.05) is 6.42 Å². The summed E-state index contributed by atoms with van der Waals surface area (Å²) >= 11 is 0. The van der Waals surface area contributed by atoms with Gasteiger partial charge >= 0.3 is 0 Å². The molecule has 23 heavy (non-hydrogen) atoms. The van der Waals surface area contributed by atoms with Gasteiger partial charge in [0.2, 0.25) is 5.91 Å². The summed E-state index contributed by atoms with van der Waals surface area (Å²) in [5, 5.41) is 0. The van der Waals surface area contributed by atoms with Crippen LogP contribution in [0.2, 0.25) is 0 Å². The smallest absolute Gasteiger partial charge is 0.217 e. The number of rotatable bonds is 16. The number of carbonyl (C=O) groups is 1. The summed E-state index contributed by atoms with van der Waals surface area (Å²) in [6.07, 6.45) is 22.1. The van der Waals surface area contributed by atoms with Gasteiger partial charge < -0.3 is 5.73 Å². The van der Waals surface area contributed by atoms with Crippen molar-refractivity contribution >= 4 is 5.91 Å². The normalized spacial score (nSPS) is 10.2. The fourth-order valence-corrected chi connectivity index (χ4v) is 2.67. The summed E-state index contributed by atoms with van der Waals surface area (Å²) in [6.45, 7) is 6.53. The molecule has 0 aromatic carbocycles. The van der Waals surface area contributed by atoms with Gasteiger partial charge in [-0.15, -0.1) is 0 Å². The molecule has 2 nitrogen and oxygen atoms in total. The number of unbranched alkanes of at least 4 members (excludes halogenated alkanes) is 14. The van der Waals surface area contributed by atoms with E-state index in [1.165, 1.54) is 96.3 Å². The first-order valence-corrected chi connectivity index (χ1v) is 10.5. The molecule has 0 saturated heterocycles. The molecule has 2 N–H and O–H groups in total. The molecule has 0 aliphatic carbocycles. The lowest BCUT2D eigenvalue weighted by atomic mass is 10.0. The maximum atomic E-state index is 10.6. The highest BCUT2D eigenvalue weighted by Gasteiger charge is 1.96. The zero-order valence-electron chi connectivity index (χ0n) is 16.5. The van der Waals surface area contributed by atoms with Gasteiger partial charge in [-0.25, -0.2) is 0 Å². The van der Waals surface area contributed by atoms with Gasteiger partial charge in [-0.1, -0.05) is 117 Å². The second kappa shape index (κ2) is 23.7. The van der Waals surface area contributed by atoms with Crippen molar-refractivity contribution in [2.75, 3.05) is 0 Å². The van der Waals surface area contributed by atoms with E-state index in [2.05, 4.69) is 20.8 Å². The van der Waals surface area contributed by atoms with Crippen molar-refractivity contribution in [3.63, 3.8) is 0 Å². The van der Waals surface area contributed by atoms with Crippen molar-refractivity contribution in [3.05, 3.63) is 0 Å². The Morgan fingerprint density at radius 3 is 1.09 bits per heavy atom. The zero-order valence-corrected chi connectivity index (χ0v) is 16.5. The second-order valence-corrected chi connectivity index (χ2v) is 6.87. The number of nitrogens with two attached hydrogens (primary N) is 1. The lowest BCUT2D eigenvalue weighted by Gasteiger charge is -2.03. The minimum Gasteiger partial charge on any atom is -0.370 e. The lowest BCUT2D eigenvalue weighted by Crippen LogP contribution is -2.09. The first-order valence-electron chi connectivity index (χ1n) is 10.5. The van der Waals surface area contributed by atoms with Gasteiger partial charge in [-0.05, 0) is 6.42 Å². The molecule has 0 radical (unpaired) electrons. The molecule has 0 rings (SSSR count). The van der Waals surface area contributed by atoms with Crippen LogP contribution < -0.4 is 5.73 Å². The van der Waals surface area contributed by atoms with E-state index < -0.39 is 0 Å². The third-order valence-electron chi connectivity index (χ3n) is 4.03. The van der Waals surface area contributed by atoms with Crippen molar-refractivity contribution < 1.29 is 4.79 Å². The standard InChI is InChI=1S/C18H37NO.C3H8/c1-2-3-4-5-6-7-8-9-10-11-12-13-14-15-16-17-18(19)20;1-3-2/h2-17H2,1H3,(H2,19,20);3H2,1-2H3. The van der Waals surface area contributed by atoms with Crippen LogP contribution in [0.5, 0.6) is 0 Å². The Bertz CT molecular complexity index is 216. The maximum absolute atomic E-state index is 10.6. The average molecular weight is 328 g/mol. The fourth-order valence-electron chi connectivity index (χ4n) is 2.67. The Kier molecular flexibility index (Phi) is 25.5. The molecule has 0 aliphatic rings. The molecule has 140 valence electrons. The SMILES string of the molecule is CCC.CCCCCCCCCCCCCCCCCC(N)=O. The van der Waals surface area contributed by atoms with Crippen LogP contribution in [0.3, 0.4) is 0 Å². The fraction of sp³-hybridized carbons (Fsp3) is 0.952. The predicted octanol–water partition coefficient (Wildman–Crippen LogP) is 7.15. The third-order valence-corrected chi connectivity index (χ3v) is 4.03. The molecule has 0 aromatic rings. The van der Waals surface area contributed by atoms with Gasteiger partial charge in [0.25, 0.3) is 0 Å². The minimum absolute atomic E-state index is 0.153. The van der Waals surface area contributed by atoms with Gasteiger partial charge in [-0.3, -0.25) is 4.79 Å². The molecule has 0 spiro atoms. The number of carbonyl (C=O) groups excluding carboxylic acids is 1. The van der Waals surface area contributed by atoms with Gasteiger partial charge in [0.05, 0.1) is 0 Å². The Hall–Kier alpha value is -0.530. The molecule has 1 amide bonds. The van der Waals surface area contributed by atoms with Crippen LogP contribution in [0, 0.1) is 0 Å². The first-order chi connectivity index (χ1) is 11.2. The number of hydrogen-bond donors (Lipinski definition) is 1. The Morgan fingerprint density at radius 2 is 0.826 bits per heavy atom. The van der Waals surface area contributed by atoms with Crippen molar-refractivity contribution in [1.82, 2.24) is 0 Å². The van der Waals surface area contributed by atoms with Gasteiger partial charge in [-0.2, -0.15) is 0 Å². The van der Waals surface area contributed by atoms with Crippen molar-refractivity contribution in [1.29, 1.82) is 0 Å². The van der Waals surface area contributed by atoms with Crippen molar-refractivity contribution in [3.8, 4) is 0 Å². The van der Waals surface area contributed by atoms with Crippen LogP contribution in [0.25, 0.3) is 0 Å². The quantitative estimate of drug-likeness (QED) is 0.300. The van der Waals surface area contributed by atoms with Gasteiger partial charge in [0.1, 0.15) is 0 Å². The van der Waals surface area contributed by atoms with Crippen molar-refractivity contribution in [2.45, 2.75) is 130 Å². The highest BCUT2D eigenvalue weighted by atomic mass is 16.1. The molecule has 0 aliphatic heterocycles. The predicted molar refractivity (Wildman–Crippen MR) is 105 cm³/mol. The van der Waals surface area contributed by atoms with Crippen molar-refractivity contribution in [2.24, 2.45) is 5.73 Å². The van der Waals surface area contributed by atoms with E-state index >= 15 is 0 Å². The van der Waals surface area contributed by atoms with Gasteiger partial charge in [0.15, 0.2) is 0 Å². The molecule has 0 aromatic heterocycles. The zero-order chi connectivity index (χ0) is 17.6. The van der Waals surface area contributed by atoms with Crippen LogP contribution in [0.15, 0.2) is 0 Å². The Labute approximate surface area is 147 Å². The molecule has 0 unspecified atom stereocenters. The number of amides is 1. The Morgan fingerprint density at radius 1 is 0.565 bits per heavy atom. The summed E-state index contributed by atoms with van der Waals surface area (Å²) in [4.78, 5) is 10.6. The molecule has 0 bridgehead atoms. The summed E-state index contributed by atoms with van der Waals surface area (Å²) < 4.78 is 0. The molecule has 0 fully saturated rings. The molecular weight excluding hydrogens is 282 g/mol. The van der Waals surface area contributed by atoms with E-state index in [1.807, 2.05) is 0 Å². The second-order valence-electron chi connectivity index (χ2n) is 6.87. The van der Waals surface area contributed by atoms with Crippen LogP contribution in [0.1, 0.15) is 130 Å². The summed E-state index contributed by atoms with van der Waals surface area (Å²) in [5.74, 6) is -0.153. The van der Waals surface area contributed by atoms with E-state index in [4.69, 9.17) is 5.73 Å². The Balaban J connectivity index is 0. The lowest BCUT2D eigenvalue weighted by molar-refractivity contribution is -0.118.